The van der Waals surface area contributed by atoms with Gasteiger partial charge in [0, 0.05) is 6.42 Å². The summed E-state index contributed by atoms with van der Waals surface area (Å²) in [4.78, 5) is 12.3. The van der Waals surface area contributed by atoms with E-state index in [2.05, 4.69) is 60.6 Å². The standard InChI is InChI=1S/C35H62O3/c1-8-9-10-11-12-13-14-15-16-17-18-19-20-21-22-23-26-38-33(37)32(36)28-29-24-25-30(34(2,3)4)31(27-29)35(5,6)7/h24-25,27,32,36H,8-23,26,28H2,1-7H3. The van der Waals surface area contributed by atoms with E-state index in [1.807, 2.05) is 6.07 Å². The number of esters is 1. The minimum Gasteiger partial charge on any atom is -0.464 e. The predicted molar refractivity (Wildman–Crippen MR) is 164 cm³/mol. The highest BCUT2D eigenvalue weighted by atomic mass is 16.5. The number of carbonyl (C=O) groups excluding carboxylic acids is 1. The SMILES string of the molecule is CCCCCCCCCCCCCCCCCCOC(=O)C(O)Cc1ccc(C(C)(C)C)c(C(C)(C)C)c1. The lowest BCUT2D eigenvalue weighted by molar-refractivity contribution is -0.153. The average molecular weight is 531 g/mol. The number of hydrogen-bond donors (Lipinski definition) is 1. The smallest absolute Gasteiger partial charge is 0.335 e. The van der Waals surface area contributed by atoms with E-state index in [-0.39, 0.29) is 10.8 Å². The molecule has 1 unspecified atom stereocenters. The van der Waals surface area contributed by atoms with Gasteiger partial charge in [-0.25, -0.2) is 4.79 Å². The maximum Gasteiger partial charge on any atom is 0.335 e. The first-order chi connectivity index (χ1) is 18.0. The molecule has 1 aromatic carbocycles. The monoisotopic (exact) mass is 530 g/mol. The van der Waals surface area contributed by atoms with Gasteiger partial charge in [-0.1, -0.05) is 163 Å². The Morgan fingerprint density at radius 2 is 1.11 bits per heavy atom. The number of hydrogen-bond acceptors (Lipinski definition) is 3. The normalized spacial score (nSPS) is 13.1. The number of aliphatic hydroxyl groups excluding tert-OH is 1. The predicted octanol–water partition coefficient (Wildman–Crippen LogP) is 9.99. The topological polar surface area (TPSA) is 46.5 Å². The van der Waals surface area contributed by atoms with Crippen molar-refractivity contribution in [1.82, 2.24) is 0 Å². The summed E-state index contributed by atoms with van der Waals surface area (Å²) in [5.41, 5.74) is 3.61. The quantitative estimate of drug-likeness (QED) is 0.135. The Morgan fingerprint density at radius 3 is 1.53 bits per heavy atom. The van der Waals surface area contributed by atoms with Gasteiger partial charge in [0.15, 0.2) is 6.10 Å². The van der Waals surface area contributed by atoms with E-state index in [9.17, 15) is 9.90 Å². The molecule has 1 rings (SSSR count). The molecule has 1 aromatic rings. The van der Waals surface area contributed by atoms with Crippen LogP contribution in [-0.4, -0.2) is 23.8 Å². The Labute approximate surface area is 236 Å². The second-order valence-corrected chi connectivity index (χ2v) is 13.6. The molecule has 0 heterocycles. The van der Waals surface area contributed by atoms with E-state index < -0.39 is 12.1 Å². The summed E-state index contributed by atoms with van der Waals surface area (Å²) < 4.78 is 5.38. The molecule has 0 spiro atoms. The molecule has 0 bridgehead atoms. The van der Waals surface area contributed by atoms with Crippen LogP contribution in [0.5, 0.6) is 0 Å². The minimum atomic E-state index is -1.11. The molecule has 3 nitrogen and oxygen atoms in total. The van der Waals surface area contributed by atoms with E-state index in [4.69, 9.17) is 4.74 Å². The molecular weight excluding hydrogens is 468 g/mol. The van der Waals surface area contributed by atoms with Crippen LogP contribution in [0.4, 0.5) is 0 Å². The lowest BCUT2D eigenvalue weighted by Gasteiger charge is -2.30. The first-order valence-electron chi connectivity index (χ1n) is 16.0. The van der Waals surface area contributed by atoms with Gasteiger partial charge in [-0.15, -0.1) is 0 Å². The zero-order valence-corrected chi connectivity index (χ0v) is 26.3. The first kappa shape index (κ1) is 34.7. The Hall–Kier alpha value is -1.35. The van der Waals surface area contributed by atoms with Crippen LogP contribution in [0.25, 0.3) is 0 Å². The second kappa shape index (κ2) is 18.9. The van der Waals surface area contributed by atoms with Crippen molar-refractivity contribution >= 4 is 5.97 Å². The van der Waals surface area contributed by atoms with Gasteiger partial charge in [0.1, 0.15) is 0 Å². The van der Waals surface area contributed by atoms with E-state index in [1.165, 1.54) is 101 Å². The van der Waals surface area contributed by atoms with Crippen molar-refractivity contribution in [1.29, 1.82) is 0 Å². The van der Waals surface area contributed by atoms with E-state index in [1.54, 1.807) is 0 Å². The molecular formula is C35H62O3. The average Bonchev–Trinajstić information content (AvgIpc) is 2.84. The molecule has 1 atom stereocenters. The van der Waals surface area contributed by atoms with Crippen LogP contribution >= 0.6 is 0 Å². The van der Waals surface area contributed by atoms with Gasteiger partial charge >= 0.3 is 5.97 Å². The van der Waals surface area contributed by atoms with Gasteiger partial charge in [0.2, 0.25) is 0 Å². The Kier molecular flexibility index (Phi) is 17.2. The first-order valence-corrected chi connectivity index (χ1v) is 16.0. The van der Waals surface area contributed by atoms with Crippen molar-refractivity contribution in [3.63, 3.8) is 0 Å². The summed E-state index contributed by atoms with van der Waals surface area (Å²) in [7, 11) is 0. The largest absolute Gasteiger partial charge is 0.464 e. The zero-order chi connectivity index (χ0) is 28.4. The summed E-state index contributed by atoms with van der Waals surface area (Å²) in [5, 5.41) is 10.5. The molecule has 3 heteroatoms. The van der Waals surface area contributed by atoms with Gasteiger partial charge in [-0.05, 0) is 33.9 Å². The third-order valence-corrected chi connectivity index (χ3v) is 7.64. The van der Waals surface area contributed by atoms with Gasteiger partial charge < -0.3 is 9.84 Å². The van der Waals surface area contributed by atoms with E-state index >= 15 is 0 Å². The van der Waals surface area contributed by atoms with Crippen molar-refractivity contribution < 1.29 is 14.6 Å². The Balaban J connectivity index is 2.13. The molecule has 0 aromatic heterocycles. The second-order valence-electron chi connectivity index (χ2n) is 13.6. The summed E-state index contributed by atoms with van der Waals surface area (Å²) in [6.45, 7) is 16.0. The molecule has 0 fully saturated rings. The summed E-state index contributed by atoms with van der Waals surface area (Å²) in [6.07, 6.45) is 20.3. The number of ether oxygens (including phenoxy) is 1. The van der Waals surface area contributed by atoms with Crippen LogP contribution in [-0.2, 0) is 26.8 Å². The van der Waals surface area contributed by atoms with Gasteiger partial charge in [0.05, 0.1) is 6.61 Å². The van der Waals surface area contributed by atoms with Crippen LogP contribution in [0, 0.1) is 0 Å². The van der Waals surface area contributed by atoms with Crippen molar-refractivity contribution in [2.45, 2.75) is 175 Å². The highest BCUT2D eigenvalue weighted by Gasteiger charge is 2.26. The summed E-state index contributed by atoms with van der Waals surface area (Å²) >= 11 is 0. The van der Waals surface area contributed by atoms with Crippen molar-refractivity contribution in [2.75, 3.05) is 6.61 Å². The fraction of sp³-hybridized carbons (Fsp3) is 0.800. The zero-order valence-electron chi connectivity index (χ0n) is 26.3. The van der Waals surface area contributed by atoms with Crippen LogP contribution in [0.3, 0.4) is 0 Å². The molecule has 0 saturated heterocycles. The fourth-order valence-electron chi connectivity index (χ4n) is 5.22. The molecule has 220 valence electrons. The van der Waals surface area contributed by atoms with Gasteiger partial charge in [-0.2, -0.15) is 0 Å². The Bertz CT molecular complexity index is 753. The maximum atomic E-state index is 12.3. The molecule has 0 saturated carbocycles. The van der Waals surface area contributed by atoms with E-state index in [0.717, 1.165) is 18.4 Å². The van der Waals surface area contributed by atoms with Crippen LogP contribution in [0.2, 0.25) is 0 Å². The molecule has 0 aliphatic carbocycles. The van der Waals surface area contributed by atoms with Crippen molar-refractivity contribution in [3.8, 4) is 0 Å². The third-order valence-electron chi connectivity index (χ3n) is 7.64. The third kappa shape index (κ3) is 15.3. The lowest BCUT2D eigenvalue weighted by Crippen LogP contribution is -2.27. The molecule has 1 N–H and O–H groups in total. The fourth-order valence-corrected chi connectivity index (χ4v) is 5.22. The van der Waals surface area contributed by atoms with Gasteiger partial charge in [0.25, 0.3) is 0 Å². The van der Waals surface area contributed by atoms with Crippen LogP contribution in [0.1, 0.15) is 168 Å². The number of aliphatic hydroxyl groups is 1. The lowest BCUT2D eigenvalue weighted by atomic mass is 9.74. The van der Waals surface area contributed by atoms with E-state index in [0.29, 0.717) is 13.0 Å². The Morgan fingerprint density at radius 1 is 0.684 bits per heavy atom. The van der Waals surface area contributed by atoms with Crippen molar-refractivity contribution in [2.24, 2.45) is 0 Å². The van der Waals surface area contributed by atoms with Gasteiger partial charge in [-0.3, -0.25) is 0 Å². The molecule has 0 radical (unpaired) electrons. The number of carbonyl (C=O) groups is 1. The molecule has 0 aliphatic heterocycles. The molecule has 0 amide bonds. The molecule has 0 aliphatic rings. The summed E-state index contributed by atoms with van der Waals surface area (Å²) in [6, 6.07) is 6.36. The maximum absolute atomic E-state index is 12.3. The number of benzene rings is 1. The molecule has 38 heavy (non-hydrogen) atoms. The summed E-state index contributed by atoms with van der Waals surface area (Å²) in [5.74, 6) is -0.497. The van der Waals surface area contributed by atoms with Crippen LogP contribution in [0.15, 0.2) is 18.2 Å². The highest BCUT2D eigenvalue weighted by molar-refractivity contribution is 5.74. The van der Waals surface area contributed by atoms with Crippen LogP contribution < -0.4 is 0 Å². The minimum absolute atomic E-state index is 0.00265. The van der Waals surface area contributed by atoms with Crippen molar-refractivity contribution in [3.05, 3.63) is 34.9 Å². The highest BCUT2D eigenvalue weighted by Crippen LogP contribution is 2.34. The number of rotatable bonds is 20. The number of unbranched alkanes of at least 4 members (excludes halogenated alkanes) is 15.